The van der Waals surface area contributed by atoms with Crippen LogP contribution in [0.2, 0.25) is 0 Å². The molecule has 1 N–H and O–H groups in total. The molecule has 0 amide bonds. The van der Waals surface area contributed by atoms with Gasteiger partial charge in [0.15, 0.2) is 5.82 Å². The summed E-state index contributed by atoms with van der Waals surface area (Å²) in [6.45, 7) is 2.22. The minimum Gasteiger partial charge on any atom is -0.478 e. The monoisotopic (exact) mass is 249 g/mol. The van der Waals surface area contributed by atoms with E-state index >= 15 is 0 Å². The first-order chi connectivity index (χ1) is 8.61. The molecule has 0 saturated heterocycles. The molecule has 1 saturated carbocycles. The molecule has 0 aliphatic heterocycles. The lowest BCUT2D eigenvalue weighted by Crippen LogP contribution is -2.40. The Balaban J connectivity index is 2.27. The molecule has 98 valence electrons. The Morgan fingerprint density at radius 3 is 2.83 bits per heavy atom. The van der Waals surface area contributed by atoms with Crippen molar-refractivity contribution in [2.24, 2.45) is 5.92 Å². The van der Waals surface area contributed by atoms with E-state index in [2.05, 4.69) is 17.1 Å². The number of hydrogen-bond donors (Lipinski definition) is 1. The molecule has 2 unspecified atom stereocenters. The molecule has 0 aromatic carbocycles. The number of aromatic nitrogens is 2. The van der Waals surface area contributed by atoms with Gasteiger partial charge in [0.2, 0.25) is 0 Å². The van der Waals surface area contributed by atoms with E-state index < -0.39 is 5.97 Å². The molecule has 1 aliphatic rings. The van der Waals surface area contributed by atoms with Gasteiger partial charge in [-0.25, -0.2) is 4.79 Å². The van der Waals surface area contributed by atoms with Crippen LogP contribution in [-0.4, -0.2) is 34.4 Å². The van der Waals surface area contributed by atoms with E-state index in [9.17, 15) is 9.90 Å². The first kappa shape index (κ1) is 12.8. The lowest BCUT2D eigenvalue weighted by atomic mass is 9.85. The number of carboxylic acid groups (broad SMARTS) is 1. The summed E-state index contributed by atoms with van der Waals surface area (Å²) in [6, 6.07) is 1.86. The number of hydrogen-bond acceptors (Lipinski definition) is 4. The Kier molecular flexibility index (Phi) is 3.79. The molecule has 1 fully saturated rings. The zero-order valence-electron chi connectivity index (χ0n) is 10.8. The van der Waals surface area contributed by atoms with Crippen LogP contribution in [0.4, 0.5) is 5.82 Å². The van der Waals surface area contributed by atoms with Crippen molar-refractivity contribution in [1.29, 1.82) is 0 Å². The van der Waals surface area contributed by atoms with Gasteiger partial charge in [0.1, 0.15) is 5.56 Å². The van der Waals surface area contributed by atoms with Crippen LogP contribution in [0.25, 0.3) is 0 Å². The molecule has 0 spiro atoms. The average molecular weight is 249 g/mol. The SMILES string of the molecule is CC1CCCCC1N(C)c1nnccc1C(=O)O. The van der Waals surface area contributed by atoms with Crippen LogP contribution in [0.15, 0.2) is 12.3 Å². The van der Waals surface area contributed by atoms with E-state index in [4.69, 9.17) is 0 Å². The zero-order chi connectivity index (χ0) is 13.1. The summed E-state index contributed by atoms with van der Waals surface area (Å²) in [5.74, 6) is 0.0892. The van der Waals surface area contributed by atoms with Gasteiger partial charge in [-0.15, -0.1) is 5.10 Å². The quantitative estimate of drug-likeness (QED) is 0.889. The smallest absolute Gasteiger partial charge is 0.339 e. The molecular formula is C13H19N3O2. The molecule has 0 radical (unpaired) electrons. The van der Waals surface area contributed by atoms with E-state index in [1.54, 1.807) is 0 Å². The van der Waals surface area contributed by atoms with Crippen molar-refractivity contribution in [3.05, 3.63) is 17.8 Å². The van der Waals surface area contributed by atoms with Crippen molar-refractivity contribution >= 4 is 11.8 Å². The second-order valence-corrected chi connectivity index (χ2v) is 5.01. The fourth-order valence-corrected chi connectivity index (χ4v) is 2.78. The molecule has 0 bridgehead atoms. The third-order valence-electron chi connectivity index (χ3n) is 3.83. The summed E-state index contributed by atoms with van der Waals surface area (Å²) in [4.78, 5) is 13.2. The van der Waals surface area contributed by atoms with Crippen LogP contribution < -0.4 is 4.90 Å². The molecule has 1 aliphatic carbocycles. The van der Waals surface area contributed by atoms with Crippen molar-refractivity contribution in [1.82, 2.24) is 10.2 Å². The Morgan fingerprint density at radius 2 is 2.17 bits per heavy atom. The molecule has 5 heteroatoms. The van der Waals surface area contributed by atoms with Crippen LogP contribution in [0, 0.1) is 5.92 Å². The summed E-state index contributed by atoms with van der Waals surface area (Å²) in [5, 5.41) is 17.0. The second kappa shape index (κ2) is 5.33. The minimum absolute atomic E-state index is 0.227. The van der Waals surface area contributed by atoms with Crippen LogP contribution in [-0.2, 0) is 0 Å². The van der Waals surface area contributed by atoms with Crippen molar-refractivity contribution in [3.63, 3.8) is 0 Å². The summed E-state index contributed by atoms with van der Waals surface area (Å²) < 4.78 is 0. The zero-order valence-corrected chi connectivity index (χ0v) is 10.8. The number of anilines is 1. The maximum absolute atomic E-state index is 11.2. The maximum atomic E-state index is 11.2. The van der Waals surface area contributed by atoms with E-state index in [1.807, 2.05) is 11.9 Å². The molecule has 2 atom stereocenters. The lowest BCUT2D eigenvalue weighted by Gasteiger charge is -2.37. The molecule has 1 aromatic rings. The van der Waals surface area contributed by atoms with Crippen LogP contribution in [0.3, 0.4) is 0 Å². The molecular weight excluding hydrogens is 230 g/mol. The number of nitrogens with zero attached hydrogens (tertiary/aromatic N) is 3. The summed E-state index contributed by atoms with van der Waals surface area (Å²) in [7, 11) is 1.92. The molecule has 1 heterocycles. The highest BCUT2D eigenvalue weighted by Crippen LogP contribution is 2.30. The Hall–Kier alpha value is -1.65. The molecule has 18 heavy (non-hydrogen) atoms. The Bertz CT molecular complexity index is 436. The van der Waals surface area contributed by atoms with Gasteiger partial charge in [0.25, 0.3) is 0 Å². The fraction of sp³-hybridized carbons (Fsp3) is 0.615. The largest absolute Gasteiger partial charge is 0.478 e. The van der Waals surface area contributed by atoms with Crippen molar-refractivity contribution in [2.45, 2.75) is 38.6 Å². The number of aromatic carboxylic acids is 1. The third kappa shape index (κ3) is 2.44. The Labute approximate surface area is 107 Å². The highest BCUT2D eigenvalue weighted by Gasteiger charge is 2.28. The first-order valence-corrected chi connectivity index (χ1v) is 6.39. The van der Waals surface area contributed by atoms with Gasteiger partial charge in [0.05, 0.1) is 6.20 Å². The average Bonchev–Trinajstić information content (AvgIpc) is 2.38. The van der Waals surface area contributed by atoms with E-state index in [1.165, 1.54) is 31.5 Å². The third-order valence-corrected chi connectivity index (χ3v) is 3.83. The van der Waals surface area contributed by atoms with Gasteiger partial charge < -0.3 is 10.0 Å². The number of carboxylic acids is 1. The van der Waals surface area contributed by atoms with Gasteiger partial charge in [-0.05, 0) is 24.8 Å². The van der Waals surface area contributed by atoms with E-state index in [0.717, 1.165) is 6.42 Å². The van der Waals surface area contributed by atoms with Crippen molar-refractivity contribution in [2.75, 3.05) is 11.9 Å². The topological polar surface area (TPSA) is 66.3 Å². The van der Waals surface area contributed by atoms with Crippen LogP contribution >= 0.6 is 0 Å². The number of rotatable bonds is 3. The molecule has 1 aromatic heterocycles. The predicted octanol–water partition coefficient (Wildman–Crippen LogP) is 2.19. The van der Waals surface area contributed by atoms with Gasteiger partial charge in [-0.2, -0.15) is 5.10 Å². The lowest BCUT2D eigenvalue weighted by molar-refractivity contribution is 0.0696. The first-order valence-electron chi connectivity index (χ1n) is 6.39. The van der Waals surface area contributed by atoms with Crippen molar-refractivity contribution < 1.29 is 9.90 Å². The molecule has 2 rings (SSSR count). The van der Waals surface area contributed by atoms with E-state index in [-0.39, 0.29) is 5.56 Å². The van der Waals surface area contributed by atoms with Crippen LogP contribution in [0.1, 0.15) is 43.0 Å². The van der Waals surface area contributed by atoms with Crippen LogP contribution in [0.5, 0.6) is 0 Å². The fourth-order valence-electron chi connectivity index (χ4n) is 2.78. The Morgan fingerprint density at radius 1 is 1.44 bits per heavy atom. The highest BCUT2D eigenvalue weighted by molar-refractivity contribution is 5.93. The normalized spacial score (nSPS) is 23.7. The van der Waals surface area contributed by atoms with Gasteiger partial charge in [-0.3, -0.25) is 0 Å². The van der Waals surface area contributed by atoms with E-state index in [0.29, 0.717) is 17.8 Å². The highest BCUT2D eigenvalue weighted by atomic mass is 16.4. The summed E-state index contributed by atoms with van der Waals surface area (Å²) >= 11 is 0. The predicted molar refractivity (Wildman–Crippen MR) is 68.8 cm³/mol. The van der Waals surface area contributed by atoms with Gasteiger partial charge in [0, 0.05) is 13.1 Å². The summed E-state index contributed by atoms with van der Waals surface area (Å²) in [6.07, 6.45) is 6.16. The second-order valence-electron chi connectivity index (χ2n) is 5.01. The molecule has 5 nitrogen and oxygen atoms in total. The van der Waals surface area contributed by atoms with Gasteiger partial charge >= 0.3 is 5.97 Å². The summed E-state index contributed by atoms with van der Waals surface area (Å²) in [5.41, 5.74) is 0.227. The van der Waals surface area contributed by atoms with Gasteiger partial charge in [-0.1, -0.05) is 19.8 Å². The minimum atomic E-state index is -0.949. The standard InChI is InChI=1S/C13H19N3O2/c1-9-5-3-4-6-11(9)16(2)12-10(13(17)18)7-8-14-15-12/h7-9,11H,3-6H2,1-2H3,(H,17,18). The number of carbonyl (C=O) groups is 1. The van der Waals surface area contributed by atoms with Crippen molar-refractivity contribution in [3.8, 4) is 0 Å². The maximum Gasteiger partial charge on any atom is 0.339 e.